The van der Waals surface area contributed by atoms with E-state index in [4.69, 9.17) is 9.52 Å². The summed E-state index contributed by atoms with van der Waals surface area (Å²) >= 11 is 0. The molecule has 0 spiro atoms. The van der Waals surface area contributed by atoms with Gasteiger partial charge in [0.25, 0.3) is 0 Å². The van der Waals surface area contributed by atoms with Crippen molar-refractivity contribution in [2.45, 2.75) is 37.4 Å². The quantitative estimate of drug-likeness (QED) is 0.551. The number of anilines is 1. The van der Waals surface area contributed by atoms with Crippen molar-refractivity contribution < 1.29 is 17.6 Å². The van der Waals surface area contributed by atoms with Crippen molar-refractivity contribution in [3.63, 3.8) is 0 Å². The lowest BCUT2D eigenvalue weighted by Crippen LogP contribution is -2.37. The van der Waals surface area contributed by atoms with Gasteiger partial charge in [0.2, 0.25) is 0 Å². The minimum atomic E-state index is -4.70. The highest BCUT2D eigenvalue weighted by molar-refractivity contribution is 5.59. The highest BCUT2D eigenvalue weighted by atomic mass is 19.4. The first-order chi connectivity index (χ1) is 14.5. The molecule has 154 valence electrons. The van der Waals surface area contributed by atoms with Gasteiger partial charge in [-0.15, -0.1) is 5.10 Å². The molecule has 0 unspecified atom stereocenters. The predicted molar refractivity (Wildman–Crippen MR) is 97.9 cm³/mol. The van der Waals surface area contributed by atoms with Crippen LogP contribution >= 0.6 is 0 Å². The van der Waals surface area contributed by atoms with E-state index < -0.39 is 18.1 Å². The number of H-pyrrole nitrogens is 1. The minimum Gasteiger partial charge on any atom is -0.399 e. The maximum Gasteiger partial charge on any atom is 0.470 e. The van der Waals surface area contributed by atoms with Crippen LogP contribution in [-0.4, -0.2) is 36.3 Å². The first-order valence-corrected chi connectivity index (χ1v) is 9.67. The number of pyridine rings is 1. The second-order valence-electron chi connectivity index (χ2n) is 7.64. The van der Waals surface area contributed by atoms with E-state index in [2.05, 4.69) is 26.2 Å². The molecule has 5 heterocycles. The fourth-order valence-corrected chi connectivity index (χ4v) is 4.16. The third-order valence-corrected chi connectivity index (χ3v) is 5.68. The molecule has 0 amide bonds. The third kappa shape index (κ3) is 2.68. The van der Waals surface area contributed by atoms with Gasteiger partial charge in [0.05, 0.1) is 23.2 Å². The van der Waals surface area contributed by atoms with E-state index in [0.29, 0.717) is 30.3 Å². The van der Waals surface area contributed by atoms with Crippen LogP contribution in [0.3, 0.4) is 0 Å². The molecule has 1 fully saturated rings. The number of aromatic amines is 1. The van der Waals surface area contributed by atoms with Crippen molar-refractivity contribution >= 4 is 11.5 Å². The molecule has 1 N–H and O–H groups in total. The number of aromatic nitrogens is 6. The summed E-state index contributed by atoms with van der Waals surface area (Å²) in [6, 6.07) is 5.32. The molecule has 11 heteroatoms. The molecule has 0 saturated heterocycles. The Kier molecular flexibility index (Phi) is 3.54. The molecule has 2 aliphatic rings. The van der Waals surface area contributed by atoms with Gasteiger partial charge in [-0.3, -0.25) is 0 Å². The average molecular weight is 415 g/mol. The molecule has 8 nitrogen and oxygen atoms in total. The van der Waals surface area contributed by atoms with E-state index >= 15 is 0 Å². The SMILES string of the molecule is FC(F)(F)c1nnc(N2CCc3[nH]cnc3[C@H]2c2cc3c(C4CC4)cccn3n2)o1. The summed E-state index contributed by atoms with van der Waals surface area (Å²) in [6.45, 7) is 0.392. The van der Waals surface area contributed by atoms with Gasteiger partial charge in [0.1, 0.15) is 6.04 Å². The van der Waals surface area contributed by atoms with Crippen LogP contribution in [0.2, 0.25) is 0 Å². The van der Waals surface area contributed by atoms with Gasteiger partial charge in [-0.1, -0.05) is 11.2 Å². The zero-order valence-corrected chi connectivity index (χ0v) is 15.6. The van der Waals surface area contributed by atoms with E-state index in [1.54, 1.807) is 11.2 Å². The summed E-state index contributed by atoms with van der Waals surface area (Å²) in [4.78, 5) is 9.18. The Morgan fingerprint density at radius 2 is 2.07 bits per heavy atom. The molecule has 6 rings (SSSR count). The first kappa shape index (κ1) is 17.5. The standard InChI is InChI=1S/C19H16F3N7O/c20-19(21,22)17-25-26-18(30-17)28-7-5-12-15(24-9-23-12)16(28)13-8-14-11(10-3-4-10)2-1-6-29(14)27-13/h1-2,6,8-10,16H,3-5,7H2,(H,23,24)/t16-/m1/s1. The number of nitrogens with one attached hydrogen (secondary N) is 1. The molecule has 4 aromatic heterocycles. The molecular weight excluding hydrogens is 399 g/mol. The van der Waals surface area contributed by atoms with Crippen LogP contribution in [-0.2, 0) is 12.6 Å². The highest BCUT2D eigenvalue weighted by Gasteiger charge is 2.41. The van der Waals surface area contributed by atoms with Crippen LogP contribution in [0.4, 0.5) is 19.2 Å². The van der Waals surface area contributed by atoms with E-state index in [0.717, 1.165) is 24.1 Å². The summed E-state index contributed by atoms with van der Waals surface area (Å²) < 4.78 is 45.8. The normalized spacial score (nSPS) is 19.4. The van der Waals surface area contributed by atoms with E-state index in [-0.39, 0.29) is 6.01 Å². The zero-order chi connectivity index (χ0) is 20.5. The number of nitrogens with zero attached hydrogens (tertiary/aromatic N) is 6. The van der Waals surface area contributed by atoms with Crippen molar-refractivity contribution in [1.82, 2.24) is 29.8 Å². The van der Waals surface area contributed by atoms with Crippen molar-refractivity contribution in [2.24, 2.45) is 0 Å². The number of hydrogen-bond donors (Lipinski definition) is 1. The van der Waals surface area contributed by atoms with Crippen molar-refractivity contribution in [2.75, 3.05) is 11.4 Å². The molecule has 0 radical (unpaired) electrons. The van der Waals surface area contributed by atoms with E-state index in [1.165, 1.54) is 5.56 Å². The summed E-state index contributed by atoms with van der Waals surface area (Å²) in [5, 5.41) is 11.6. The largest absolute Gasteiger partial charge is 0.470 e. The fraction of sp³-hybridized carbons (Fsp3) is 0.368. The van der Waals surface area contributed by atoms with Crippen LogP contribution in [0.1, 0.15) is 53.3 Å². The van der Waals surface area contributed by atoms with Crippen LogP contribution in [0.15, 0.2) is 35.1 Å². The van der Waals surface area contributed by atoms with Gasteiger partial charge in [0, 0.05) is 24.9 Å². The van der Waals surface area contributed by atoms with Gasteiger partial charge in [-0.25, -0.2) is 9.50 Å². The number of fused-ring (bicyclic) bond motifs is 2. The Labute approximate surface area is 167 Å². The molecular formula is C19H16F3N7O. The molecule has 30 heavy (non-hydrogen) atoms. The number of rotatable bonds is 3. The Balaban J connectivity index is 1.48. The molecule has 4 aromatic rings. The van der Waals surface area contributed by atoms with Gasteiger partial charge in [0.15, 0.2) is 0 Å². The Morgan fingerprint density at radius 3 is 2.83 bits per heavy atom. The van der Waals surface area contributed by atoms with E-state index in [9.17, 15) is 13.2 Å². The maximum absolute atomic E-state index is 13.0. The van der Waals surface area contributed by atoms with Crippen LogP contribution < -0.4 is 4.90 Å². The highest BCUT2D eigenvalue weighted by Crippen LogP contribution is 2.43. The molecule has 1 aliphatic heterocycles. The van der Waals surface area contributed by atoms with Crippen molar-refractivity contribution in [3.8, 4) is 0 Å². The minimum absolute atomic E-state index is 0.194. The molecule has 1 atom stereocenters. The predicted octanol–water partition coefficient (Wildman–Crippen LogP) is 3.49. The van der Waals surface area contributed by atoms with Gasteiger partial charge in [-0.05, 0) is 36.5 Å². The Bertz CT molecular complexity index is 1240. The summed E-state index contributed by atoms with van der Waals surface area (Å²) in [5.41, 5.74) is 4.52. The lowest BCUT2D eigenvalue weighted by atomic mass is 10.00. The van der Waals surface area contributed by atoms with Crippen molar-refractivity contribution in [3.05, 3.63) is 59.3 Å². The lowest BCUT2D eigenvalue weighted by Gasteiger charge is -2.32. The topological polar surface area (TPSA) is 88.1 Å². The average Bonchev–Trinajstić information content (AvgIpc) is 3.12. The van der Waals surface area contributed by atoms with Gasteiger partial charge in [-0.2, -0.15) is 18.3 Å². The fourth-order valence-electron chi connectivity index (χ4n) is 4.16. The monoisotopic (exact) mass is 415 g/mol. The Morgan fingerprint density at radius 1 is 1.20 bits per heavy atom. The Hall–Kier alpha value is -3.37. The number of imidazole rings is 1. The van der Waals surface area contributed by atoms with Gasteiger partial charge >= 0.3 is 18.1 Å². The zero-order valence-electron chi connectivity index (χ0n) is 15.6. The first-order valence-electron chi connectivity index (χ1n) is 9.67. The van der Waals surface area contributed by atoms with Crippen LogP contribution in [0.25, 0.3) is 5.52 Å². The summed E-state index contributed by atoms with van der Waals surface area (Å²) in [7, 11) is 0. The maximum atomic E-state index is 13.0. The molecule has 1 saturated carbocycles. The second kappa shape index (κ2) is 6.07. The second-order valence-corrected chi connectivity index (χ2v) is 7.64. The molecule has 0 bridgehead atoms. The lowest BCUT2D eigenvalue weighted by molar-refractivity contribution is -0.157. The number of alkyl halides is 3. The number of hydrogen-bond acceptors (Lipinski definition) is 6. The van der Waals surface area contributed by atoms with Crippen molar-refractivity contribution in [1.29, 1.82) is 0 Å². The molecule has 0 aromatic carbocycles. The number of halogens is 3. The molecule has 1 aliphatic carbocycles. The summed E-state index contributed by atoms with van der Waals surface area (Å²) in [5.74, 6) is -0.831. The van der Waals surface area contributed by atoms with E-state index in [1.807, 2.05) is 22.8 Å². The van der Waals surface area contributed by atoms with Crippen LogP contribution in [0.5, 0.6) is 0 Å². The third-order valence-electron chi connectivity index (χ3n) is 5.68. The summed E-state index contributed by atoms with van der Waals surface area (Å²) in [6.07, 6.45) is 1.63. The smallest absolute Gasteiger partial charge is 0.399 e. The van der Waals surface area contributed by atoms with Gasteiger partial charge < -0.3 is 14.3 Å². The van der Waals surface area contributed by atoms with Crippen LogP contribution in [0, 0.1) is 0 Å².